The number of fused-ring (bicyclic) bond motifs is 5. The smallest absolute Gasteiger partial charge is 0.0577 e. The normalized spacial score (nSPS) is 47.4. The first-order valence-electron chi connectivity index (χ1n) is 11.9. The van der Waals surface area contributed by atoms with Crippen LogP contribution in [0.15, 0.2) is 24.3 Å². The third-order valence-electron chi connectivity index (χ3n) is 9.89. The van der Waals surface area contributed by atoms with Gasteiger partial charge in [0.15, 0.2) is 0 Å². The molecule has 4 rings (SSSR count). The summed E-state index contributed by atoms with van der Waals surface area (Å²) < 4.78 is 0. The van der Waals surface area contributed by atoms with Crippen molar-refractivity contribution in [3.05, 3.63) is 24.3 Å². The number of aliphatic hydroxyl groups excluding tert-OH is 1. The third kappa shape index (κ3) is 3.26. The van der Waals surface area contributed by atoms with E-state index >= 15 is 0 Å². The topological polar surface area (TPSA) is 20.2 Å². The molecular weight excluding hydrogens is 328 g/mol. The molecule has 152 valence electrons. The van der Waals surface area contributed by atoms with E-state index in [-0.39, 0.29) is 6.10 Å². The van der Waals surface area contributed by atoms with Crippen LogP contribution in [0.1, 0.15) is 91.4 Å². The maximum absolute atomic E-state index is 10.2. The SMILES string of the molecule is C=CC(C)CCCC1CCC2C3CC=C4CC(O)CC[C@]4(C)C3CC[C@]12C. The van der Waals surface area contributed by atoms with Crippen LogP contribution < -0.4 is 0 Å². The predicted molar refractivity (Wildman–Crippen MR) is 114 cm³/mol. The van der Waals surface area contributed by atoms with Crippen molar-refractivity contribution in [3.8, 4) is 0 Å². The maximum Gasteiger partial charge on any atom is 0.0577 e. The van der Waals surface area contributed by atoms with Gasteiger partial charge in [-0.15, -0.1) is 6.58 Å². The van der Waals surface area contributed by atoms with Gasteiger partial charge in [0.25, 0.3) is 0 Å². The van der Waals surface area contributed by atoms with Gasteiger partial charge in [-0.25, -0.2) is 0 Å². The Morgan fingerprint density at radius 1 is 1.19 bits per heavy atom. The van der Waals surface area contributed by atoms with E-state index in [1.165, 1.54) is 57.8 Å². The molecule has 1 heteroatoms. The van der Waals surface area contributed by atoms with Gasteiger partial charge in [-0.1, -0.05) is 44.9 Å². The van der Waals surface area contributed by atoms with E-state index in [0.717, 1.165) is 36.5 Å². The Hall–Kier alpha value is -0.560. The number of hydrogen-bond acceptors (Lipinski definition) is 1. The van der Waals surface area contributed by atoms with Gasteiger partial charge in [0.1, 0.15) is 0 Å². The first kappa shape index (κ1) is 19.7. The Labute approximate surface area is 167 Å². The lowest BCUT2D eigenvalue weighted by molar-refractivity contribution is -0.0509. The summed E-state index contributed by atoms with van der Waals surface area (Å²) in [6, 6.07) is 0. The maximum atomic E-state index is 10.2. The second-order valence-electron chi connectivity index (χ2n) is 11.1. The Kier molecular flexibility index (Phi) is 5.38. The lowest BCUT2D eigenvalue weighted by Gasteiger charge is -2.58. The van der Waals surface area contributed by atoms with Crippen LogP contribution in [0.3, 0.4) is 0 Å². The Bertz CT molecular complexity index is 591. The molecule has 0 radical (unpaired) electrons. The van der Waals surface area contributed by atoms with Crippen molar-refractivity contribution in [1.29, 1.82) is 0 Å². The average Bonchev–Trinajstić information content (AvgIpc) is 2.99. The molecule has 4 aliphatic carbocycles. The second-order valence-corrected chi connectivity index (χ2v) is 11.1. The molecule has 8 atom stereocenters. The van der Waals surface area contributed by atoms with E-state index in [0.29, 0.717) is 16.7 Å². The fourth-order valence-electron chi connectivity index (χ4n) is 8.03. The Morgan fingerprint density at radius 2 is 2.00 bits per heavy atom. The summed E-state index contributed by atoms with van der Waals surface area (Å²) in [5.74, 6) is 4.35. The summed E-state index contributed by atoms with van der Waals surface area (Å²) in [4.78, 5) is 0. The number of hydrogen-bond donors (Lipinski definition) is 1. The van der Waals surface area contributed by atoms with Crippen molar-refractivity contribution in [3.63, 3.8) is 0 Å². The van der Waals surface area contributed by atoms with E-state index < -0.39 is 0 Å². The highest BCUT2D eigenvalue weighted by molar-refractivity contribution is 5.25. The van der Waals surface area contributed by atoms with Crippen LogP contribution in [-0.4, -0.2) is 11.2 Å². The minimum absolute atomic E-state index is 0.0800. The molecule has 1 N–H and O–H groups in total. The molecule has 4 aliphatic rings. The van der Waals surface area contributed by atoms with Gasteiger partial charge in [-0.3, -0.25) is 0 Å². The van der Waals surface area contributed by atoms with Crippen LogP contribution in [0.4, 0.5) is 0 Å². The van der Waals surface area contributed by atoms with Crippen molar-refractivity contribution in [2.24, 2.45) is 40.4 Å². The van der Waals surface area contributed by atoms with Crippen molar-refractivity contribution < 1.29 is 5.11 Å². The van der Waals surface area contributed by atoms with E-state index in [2.05, 4.69) is 39.5 Å². The highest BCUT2D eigenvalue weighted by Crippen LogP contribution is 2.66. The molecule has 0 aromatic carbocycles. The molecule has 0 saturated heterocycles. The van der Waals surface area contributed by atoms with Crippen molar-refractivity contribution in [1.82, 2.24) is 0 Å². The molecular formula is C26H42O. The van der Waals surface area contributed by atoms with Gasteiger partial charge < -0.3 is 5.11 Å². The van der Waals surface area contributed by atoms with Gasteiger partial charge in [-0.2, -0.15) is 0 Å². The zero-order chi connectivity index (χ0) is 19.2. The van der Waals surface area contributed by atoms with Gasteiger partial charge in [0.05, 0.1) is 6.10 Å². The quantitative estimate of drug-likeness (QED) is 0.521. The van der Waals surface area contributed by atoms with Gasteiger partial charge in [0, 0.05) is 0 Å². The van der Waals surface area contributed by atoms with Gasteiger partial charge >= 0.3 is 0 Å². The summed E-state index contributed by atoms with van der Waals surface area (Å²) in [7, 11) is 0. The van der Waals surface area contributed by atoms with Crippen LogP contribution >= 0.6 is 0 Å². The zero-order valence-electron chi connectivity index (χ0n) is 18.1. The fourth-order valence-corrected chi connectivity index (χ4v) is 8.03. The Balaban J connectivity index is 1.48. The van der Waals surface area contributed by atoms with E-state index in [1.54, 1.807) is 5.57 Å². The van der Waals surface area contributed by atoms with Gasteiger partial charge in [0.2, 0.25) is 0 Å². The van der Waals surface area contributed by atoms with Crippen LogP contribution in [0.5, 0.6) is 0 Å². The third-order valence-corrected chi connectivity index (χ3v) is 9.89. The van der Waals surface area contributed by atoms with Crippen molar-refractivity contribution in [2.45, 2.75) is 97.5 Å². The molecule has 0 aromatic rings. The minimum Gasteiger partial charge on any atom is -0.393 e. The van der Waals surface area contributed by atoms with E-state index in [1.807, 2.05) is 0 Å². The summed E-state index contributed by atoms with van der Waals surface area (Å²) >= 11 is 0. The van der Waals surface area contributed by atoms with Crippen LogP contribution in [0.25, 0.3) is 0 Å². The number of rotatable bonds is 5. The molecule has 6 unspecified atom stereocenters. The standard InChI is InChI=1S/C26H42O/c1-5-18(2)7-6-8-19-10-12-23-22-11-9-20-17-21(27)13-15-26(20,4)24(22)14-16-25(19,23)3/h5,9,18-19,21-24,27H,1,6-8,10-17H2,2-4H3/t18?,19?,21?,22?,23?,24?,25-,26+/m1/s1. The summed E-state index contributed by atoms with van der Waals surface area (Å²) in [6.07, 6.45) is 19.1. The minimum atomic E-state index is -0.0800. The average molecular weight is 371 g/mol. The first-order chi connectivity index (χ1) is 12.9. The molecule has 3 saturated carbocycles. The van der Waals surface area contributed by atoms with E-state index in [4.69, 9.17) is 0 Å². The lowest BCUT2D eigenvalue weighted by atomic mass is 9.47. The van der Waals surface area contributed by atoms with Gasteiger partial charge in [-0.05, 0) is 105 Å². The lowest BCUT2D eigenvalue weighted by Crippen LogP contribution is -2.50. The van der Waals surface area contributed by atoms with Crippen LogP contribution in [0, 0.1) is 40.4 Å². The molecule has 0 aromatic heterocycles. The molecule has 0 heterocycles. The summed E-state index contributed by atoms with van der Waals surface area (Å²) in [6.45, 7) is 11.5. The number of allylic oxidation sites excluding steroid dienone is 2. The zero-order valence-corrected chi connectivity index (χ0v) is 18.1. The summed E-state index contributed by atoms with van der Waals surface area (Å²) in [5.41, 5.74) is 2.59. The molecule has 1 nitrogen and oxygen atoms in total. The monoisotopic (exact) mass is 370 g/mol. The molecule has 0 bridgehead atoms. The van der Waals surface area contributed by atoms with Crippen LogP contribution in [0.2, 0.25) is 0 Å². The summed E-state index contributed by atoms with van der Waals surface area (Å²) in [5, 5.41) is 10.2. The molecule has 0 amide bonds. The first-order valence-corrected chi connectivity index (χ1v) is 11.9. The molecule has 0 aliphatic heterocycles. The van der Waals surface area contributed by atoms with Crippen molar-refractivity contribution >= 4 is 0 Å². The van der Waals surface area contributed by atoms with Crippen molar-refractivity contribution in [2.75, 3.05) is 0 Å². The highest BCUT2D eigenvalue weighted by atomic mass is 16.3. The number of aliphatic hydroxyl groups is 1. The molecule has 27 heavy (non-hydrogen) atoms. The second kappa shape index (κ2) is 7.36. The van der Waals surface area contributed by atoms with Crippen LogP contribution in [-0.2, 0) is 0 Å². The molecule has 3 fully saturated rings. The predicted octanol–water partition coefficient (Wildman–Crippen LogP) is 6.92. The fraction of sp³-hybridized carbons (Fsp3) is 0.846. The Morgan fingerprint density at radius 3 is 2.78 bits per heavy atom. The highest BCUT2D eigenvalue weighted by Gasteiger charge is 2.58. The van der Waals surface area contributed by atoms with E-state index in [9.17, 15) is 5.11 Å². The largest absolute Gasteiger partial charge is 0.393 e. The molecule has 0 spiro atoms.